The molecule has 0 aromatic heterocycles. The number of hydrogen-bond acceptors (Lipinski definition) is 4. The second-order valence-corrected chi connectivity index (χ2v) is 5.30. The number of benzene rings is 1. The molecule has 0 bridgehead atoms. The normalized spacial score (nSPS) is 19.9. The zero-order chi connectivity index (χ0) is 16.7. The molecule has 0 aliphatic heterocycles. The van der Waals surface area contributed by atoms with Gasteiger partial charge in [0.1, 0.15) is 18.3 Å². The molecule has 1 aliphatic carbocycles. The number of esters is 1. The van der Waals surface area contributed by atoms with Crippen LogP contribution in [0.1, 0.15) is 12.5 Å². The first-order chi connectivity index (χ1) is 11.1. The van der Waals surface area contributed by atoms with Crippen LogP contribution in [0.25, 0.3) is 0 Å². The summed E-state index contributed by atoms with van der Waals surface area (Å²) in [5.74, 6) is -0.505. The lowest BCUT2D eigenvalue weighted by Gasteiger charge is -2.21. The van der Waals surface area contributed by atoms with Crippen molar-refractivity contribution in [1.82, 2.24) is 5.32 Å². The molecular formula is C18H17NO4. The minimum Gasteiger partial charge on any atom is -0.460 e. The van der Waals surface area contributed by atoms with E-state index in [1.165, 1.54) is 12.2 Å². The molecule has 5 nitrogen and oxygen atoms in total. The first-order valence-electron chi connectivity index (χ1n) is 7.08. The average Bonchev–Trinajstić information content (AvgIpc) is 2.73. The molecule has 1 atom stereocenters. The summed E-state index contributed by atoms with van der Waals surface area (Å²) in [6, 6.07) is 9.30. The van der Waals surface area contributed by atoms with E-state index in [9.17, 15) is 14.4 Å². The Morgan fingerprint density at radius 1 is 1.17 bits per heavy atom. The smallest absolute Gasteiger partial charge is 0.320 e. The number of carbonyl (C=O) groups excluding carboxylic acids is 3. The molecule has 1 unspecified atom stereocenters. The second-order valence-electron chi connectivity index (χ2n) is 5.30. The zero-order valence-corrected chi connectivity index (χ0v) is 12.7. The highest BCUT2D eigenvalue weighted by molar-refractivity contribution is 5.86. The maximum atomic E-state index is 12.5. The Morgan fingerprint density at radius 2 is 1.91 bits per heavy atom. The number of nitrogens with one attached hydrogen (secondary N) is 1. The lowest BCUT2D eigenvalue weighted by molar-refractivity contribution is -0.151. The minimum atomic E-state index is -1.15. The van der Waals surface area contributed by atoms with E-state index in [0.717, 1.165) is 5.56 Å². The number of aldehydes is 1. The summed E-state index contributed by atoms with van der Waals surface area (Å²) in [4.78, 5) is 34.2. The average molecular weight is 311 g/mol. The van der Waals surface area contributed by atoms with Crippen molar-refractivity contribution in [2.75, 3.05) is 0 Å². The van der Waals surface area contributed by atoms with Gasteiger partial charge in [-0.25, -0.2) is 0 Å². The molecule has 5 heteroatoms. The van der Waals surface area contributed by atoms with Crippen LogP contribution in [0.5, 0.6) is 0 Å². The van der Waals surface area contributed by atoms with Crippen LogP contribution in [-0.2, 0) is 25.7 Å². The number of rotatable bonds is 6. The summed E-state index contributed by atoms with van der Waals surface area (Å²) in [5, 5.41) is 2.49. The van der Waals surface area contributed by atoms with Gasteiger partial charge in [0.15, 0.2) is 0 Å². The number of carbonyl (C=O) groups is 3. The molecule has 0 radical (unpaired) electrons. The first kappa shape index (κ1) is 16.4. The Kier molecular flexibility index (Phi) is 5.25. The lowest BCUT2D eigenvalue weighted by Crippen LogP contribution is -2.27. The molecule has 2 rings (SSSR count). The molecule has 1 aromatic carbocycles. The molecule has 0 heterocycles. The standard InChI is InChI=1S/C18H17NO4/c1-18(17(22)23-12-14-5-3-2-4-6-14)9-15(11-20)7-8-16(10-18)19-13-21/h2-11,13H,12H2,1H3,(H,19,21). The van der Waals surface area contributed by atoms with E-state index in [1.54, 1.807) is 19.1 Å². The van der Waals surface area contributed by atoms with Crippen molar-refractivity contribution in [1.29, 1.82) is 0 Å². The van der Waals surface area contributed by atoms with Gasteiger partial charge in [-0.1, -0.05) is 36.4 Å². The third-order valence-corrected chi connectivity index (χ3v) is 3.39. The SMILES string of the molecule is CC1(C(=O)OCc2ccccc2)C=C(C=O)C=CC(NC=O)=C1. The van der Waals surface area contributed by atoms with Crippen molar-refractivity contribution in [3.05, 3.63) is 71.5 Å². The van der Waals surface area contributed by atoms with Gasteiger partial charge in [0.05, 0.1) is 0 Å². The van der Waals surface area contributed by atoms with Gasteiger partial charge in [0.25, 0.3) is 0 Å². The van der Waals surface area contributed by atoms with Crippen LogP contribution in [0, 0.1) is 5.41 Å². The molecule has 0 spiro atoms. The summed E-state index contributed by atoms with van der Waals surface area (Å²) in [5.41, 5.74) is 0.473. The number of allylic oxidation sites excluding steroid dienone is 3. The molecule has 1 aliphatic rings. The van der Waals surface area contributed by atoms with Crippen LogP contribution >= 0.6 is 0 Å². The monoisotopic (exact) mass is 311 g/mol. The second kappa shape index (κ2) is 7.35. The molecule has 118 valence electrons. The first-order valence-corrected chi connectivity index (χ1v) is 7.08. The van der Waals surface area contributed by atoms with Gasteiger partial charge >= 0.3 is 5.97 Å². The van der Waals surface area contributed by atoms with Gasteiger partial charge in [0.2, 0.25) is 6.41 Å². The predicted octanol–water partition coefficient (Wildman–Crippen LogP) is 2.06. The Hall–Kier alpha value is -2.95. The quantitative estimate of drug-likeness (QED) is 0.645. The van der Waals surface area contributed by atoms with Crippen LogP contribution < -0.4 is 5.32 Å². The largest absolute Gasteiger partial charge is 0.460 e. The lowest BCUT2D eigenvalue weighted by atomic mass is 9.88. The number of hydrogen-bond donors (Lipinski definition) is 1. The van der Waals surface area contributed by atoms with Crippen molar-refractivity contribution in [3.8, 4) is 0 Å². The highest BCUT2D eigenvalue weighted by Gasteiger charge is 2.32. The van der Waals surface area contributed by atoms with Crippen molar-refractivity contribution in [3.63, 3.8) is 0 Å². The fourth-order valence-electron chi connectivity index (χ4n) is 2.22. The van der Waals surface area contributed by atoms with Gasteiger partial charge < -0.3 is 10.1 Å². The fourth-order valence-corrected chi connectivity index (χ4v) is 2.22. The van der Waals surface area contributed by atoms with Crippen LogP contribution in [0.2, 0.25) is 0 Å². The number of amides is 1. The summed E-state index contributed by atoms with van der Waals surface area (Å²) >= 11 is 0. The van der Waals surface area contributed by atoms with Crippen molar-refractivity contribution in [2.24, 2.45) is 5.41 Å². The van der Waals surface area contributed by atoms with Crippen LogP contribution in [0.4, 0.5) is 0 Å². The molecule has 1 amide bonds. The molecule has 23 heavy (non-hydrogen) atoms. The van der Waals surface area contributed by atoms with E-state index in [0.29, 0.717) is 24.0 Å². The van der Waals surface area contributed by atoms with E-state index in [-0.39, 0.29) is 6.61 Å². The minimum absolute atomic E-state index is 0.136. The summed E-state index contributed by atoms with van der Waals surface area (Å²) in [6.07, 6.45) is 7.33. The van der Waals surface area contributed by atoms with Crippen molar-refractivity contribution in [2.45, 2.75) is 13.5 Å². The van der Waals surface area contributed by atoms with Gasteiger partial charge in [-0.2, -0.15) is 0 Å². The summed E-state index contributed by atoms with van der Waals surface area (Å²) in [6.45, 7) is 1.76. The molecular weight excluding hydrogens is 294 g/mol. The topological polar surface area (TPSA) is 72.5 Å². The predicted molar refractivity (Wildman–Crippen MR) is 84.9 cm³/mol. The Balaban J connectivity index is 2.21. The van der Waals surface area contributed by atoms with E-state index in [4.69, 9.17) is 4.74 Å². The van der Waals surface area contributed by atoms with Crippen LogP contribution in [-0.4, -0.2) is 18.7 Å². The van der Waals surface area contributed by atoms with Gasteiger partial charge in [0, 0.05) is 11.3 Å². The van der Waals surface area contributed by atoms with Crippen LogP contribution in [0.15, 0.2) is 65.9 Å². The Labute approximate surface area is 134 Å². The van der Waals surface area contributed by atoms with E-state index in [2.05, 4.69) is 5.32 Å². The summed E-state index contributed by atoms with van der Waals surface area (Å²) < 4.78 is 5.36. The molecule has 1 N–H and O–H groups in total. The highest BCUT2D eigenvalue weighted by Crippen LogP contribution is 2.28. The maximum absolute atomic E-state index is 12.5. The number of ether oxygens (including phenoxy) is 1. The van der Waals surface area contributed by atoms with Crippen molar-refractivity contribution >= 4 is 18.7 Å². The fraction of sp³-hybridized carbons (Fsp3) is 0.167. The van der Waals surface area contributed by atoms with Gasteiger partial charge in [-0.15, -0.1) is 0 Å². The summed E-state index contributed by atoms with van der Waals surface area (Å²) in [7, 11) is 0. The molecule has 0 fully saturated rings. The van der Waals surface area contributed by atoms with Crippen LogP contribution in [0.3, 0.4) is 0 Å². The maximum Gasteiger partial charge on any atom is 0.320 e. The third-order valence-electron chi connectivity index (χ3n) is 3.39. The molecule has 0 saturated heterocycles. The highest BCUT2D eigenvalue weighted by atomic mass is 16.5. The Morgan fingerprint density at radius 3 is 2.57 bits per heavy atom. The van der Waals surface area contributed by atoms with E-state index < -0.39 is 11.4 Å². The van der Waals surface area contributed by atoms with E-state index in [1.807, 2.05) is 30.3 Å². The van der Waals surface area contributed by atoms with Crippen molar-refractivity contribution < 1.29 is 19.1 Å². The zero-order valence-electron chi connectivity index (χ0n) is 12.7. The third kappa shape index (κ3) is 4.26. The molecule has 1 aromatic rings. The van der Waals surface area contributed by atoms with Gasteiger partial charge in [-0.05, 0) is 30.7 Å². The molecule has 0 saturated carbocycles. The Bertz CT molecular complexity index is 688. The van der Waals surface area contributed by atoms with Gasteiger partial charge in [-0.3, -0.25) is 14.4 Å². The van der Waals surface area contributed by atoms with E-state index >= 15 is 0 Å².